The molecule has 0 aliphatic rings. The Morgan fingerprint density at radius 1 is 0.267 bits per heavy atom. The minimum absolute atomic E-state index is 0.0914. The molecule has 0 saturated carbocycles. The van der Waals surface area contributed by atoms with Gasteiger partial charge in [-0.25, -0.2) is 0 Å². The minimum atomic E-state index is -0.799. The van der Waals surface area contributed by atoms with Gasteiger partial charge in [-0.1, -0.05) is 260 Å². The highest BCUT2D eigenvalue weighted by molar-refractivity contribution is 5.71. The maximum absolute atomic E-state index is 12.9. The lowest BCUT2D eigenvalue weighted by Gasteiger charge is -2.18. The Hall–Kier alpha value is -3.41. The summed E-state index contributed by atoms with van der Waals surface area (Å²) in [4.78, 5) is 38.3. The first-order valence-electron chi connectivity index (χ1n) is 32.1. The SMILES string of the molecule is CCCCC/C=C\C/C=C\C/C=C\C/C=C\CCCCCC(=O)O[C@H](COC(=O)CCCCCCCCC/C=C\C/C=C\CCCCC)COC(=O)CCCCCCCCCCCCC/C=C\CCCCCCCC. The summed E-state index contributed by atoms with van der Waals surface area (Å²) in [6, 6.07) is 0. The Labute approximate surface area is 465 Å². The van der Waals surface area contributed by atoms with Crippen LogP contribution in [0.5, 0.6) is 0 Å². The maximum atomic E-state index is 12.9. The number of esters is 3. The molecule has 0 aromatic rings. The van der Waals surface area contributed by atoms with Crippen LogP contribution in [0, 0.1) is 0 Å². The zero-order valence-corrected chi connectivity index (χ0v) is 49.6. The molecule has 0 saturated heterocycles. The van der Waals surface area contributed by atoms with Crippen molar-refractivity contribution in [2.24, 2.45) is 0 Å². The summed E-state index contributed by atoms with van der Waals surface area (Å²) >= 11 is 0. The van der Waals surface area contributed by atoms with Crippen LogP contribution in [0.25, 0.3) is 0 Å². The molecule has 432 valence electrons. The van der Waals surface area contributed by atoms with Crippen LogP contribution in [0.1, 0.15) is 316 Å². The van der Waals surface area contributed by atoms with Gasteiger partial charge in [0.15, 0.2) is 6.10 Å². The van der Waals surface area contributed by atoms with Crippen molar-refractivity contribution in [3.05, 3.63) is 85.1 Å². The smallest absolute Gasteiger partial charge is 0.306 e. The molecule has 0 unspecified atom stereocenters. The van der Waals surface area contributed by atoms with Gasteiger partial charge in [0.25, 0.3) is 0 Å². The van der Waals surface area contributed by atoms with E-state index in [0.717, 1.165) is 96.3 Å². The number of unbranched alkanes of at least 4 members (excludes halogenated alkanes) is 33. The van der Waals surface area contributed by atoms with Gasteiger partial charge in [0.2, 0.25) is 0 Å². The molecule has 0 fully saturated rings. The van der Waals surface area contributed by atoms with Crippen LogP contribution in [0.2, 0.25) is 0 Å². The highest BCUT2D eigenvalue weighted by Crippen LogP contribution is 2.16. The first kappa shape index (κ1) is 71.6. The normalized spacial score (nSPS) is 12.6. The van der Waals surface area contributed by atoms with Gasteiger partial charge in [0.05, 0.1) is 0 Å². The highest BCUT2D eigenvalue weighted by atomic mass is 16.6. The fraction of sp³-hybridized carbons (Fsp3) is 0.754. The lowest BCUT2D eigenvalue weighted by Crippen LogP contribution is -2.30. The summed E-state index contributed by atoms with van der Waals surface area (Å²) in [5, 5.41) is 0. The Kier molecular flexibility index (Phi) is 60.3. The van der Waals surface area contributed by atoms with E-state index in [4.69, 9.17) is 14.2 Å². The molecule has 75 heavy (non-hydrogen) atoms. The molecule has 6 heteroatoms. The molecular weight excluding hydrogens is 925 g/mol. The first-order valence-corrected chi connectivity index (χ1v) is 32.1. The van der Waals surface area contributed by atoms with E-state index in [1.54, 1.807) is 0 Å². The van der Waals surface area contributed by atoms with E-state index in [1.807, 2.05) is 0 Å². The highest BCUT2D eigenvalue weighted by Gasteiger charge is 2.19. The molecule has 0 bridgehead atoms. The van der Waals surface area contributed by atoms with E-state index >= 15 is 0 Å². The summed E-state index contributed by atoms with van der Waals surface area (Å²) in [7, 11) is 0. The second kappa shape index (κ2) is 63.1. The summed E-state index contributed by atoms with van der Waals surface area (Å²) in [5.41, 5.74) is 0. The Morgan fingerprint density at radius 3 is 0.800 bits per heavy atom. The van der Waals surface area contributed by atoms with Gasteiger partial charge in [-0.15, -0.1) is 0 Å². The molecule has 0 aliphatic heterocycles. The fourth-order valence-electron chi connectivity index (χ4n) is 8.98. The molecular formula is C69H120O6. The molecule has 0 radical (unpaired) electrons. The van der Waals surface area contributed by atoms with E-state index < -0.39 is 6.10 Å². The topological polar surface area (TPSA) is 78.9 Å². The molecule has 0 amide bonds. The third-order valence-corrected chi connectivity index (χ3v) is 13.8. The van der Waals surface area contributed by atoms with Crippen molar-refractivity contribution in [1.82, 2.24) is 0 Å². The summed E-state index contributed by atoms with van der Waals surface area (Å²) < 4.78 is 16.9. The van der Waals surface area contributed by atoms with Gasteiger partial charge in [-0.05, 0) is 122 Å². The lowest BCUT2D eigenvalue weighted by molar-refractivity contribution is -0.167. The number of carbonyl (C=O) groups is 3. The standard InChI is InChI=1S/C69H120O6/c1-4-7-10-13-16-19-22-25-28-31-33-34-36-38-41-44-47-50-53-56-59-62-68(71)74-65-66(64-73-67(70)61-58-55-52-49-46-43-40-37-30-27-24-21-18-15-12-9-6-3)75-69(72)63-60-57-54-51-48-45-42-39-35-32-29-26-23-20-17-14-11-8-5-2/h17-18,20-21,25-30,35,39,45,48,66H,4-16,19,22-24,31-34,36-38,40-44,46-47,49-65H2,1-3H3/b20-17-,21-18-,28-25-,29-26-,30-27-,39-35-,48-45-/t66-/m1/s1. The van der Waals surface area contributed by atoms with Gasteiger partial charge in [-0.3, -0.25) is 14.4 Å². The second-order valence-electron chi connectivity index (χ2n) is 21.3. The van der Waals surface area contributed by atoms with Crippen molar-refractivity contribution in [3.63, 3.8) is 0 Å². The van der Waals surface area contributed by atoms with Crippen molar-refractivity contribution in [2.75, 3.05) is 13.2 Å². The van der Waals surface area contributed by atoms with E-state index in [1.165, 1.54) is 180 Å². The second-order valence-corrected chi connectivity index (χ2v) is 21.3. The van der Waals surface area contributed by atoms with E-state index in [0.29, 0.717) is 12.8 Å². The van der Waals surface area contributed by atoms with Crippen molar-refractivity contribution in [2.45, 2.75) is 322 Å². The van der Waals surface area contributed by atoms with E-state index in [9.17, 15) is 14.4 Å². The molecule has 6 nitrogen and oxygen atoms in total. The van der Waals surface area contributed by atoms with Crippen molar-refractivity contribution in [3.8, 4) is 0 Å². The number of hydrogen-bond acceptors (Lipinski definition) is 6. The van der Waals surface area contributed by atoms with Crippen LogP contribution in [-0.2, 0) is 28.6 Å². The number of allylic oxidation sites excluding steroid dienone is 14. The third kappa shape index (κ3) is 61.3. The van der Waals surface area contributed by atoms with Crippen LogP contribution >= 0.6 is 0 Å². The Morgan fingerprint density at radius 2 is 0.480 bits per heavy atom. The molecule has 0 rings (SSSR count). The molecule has 0 aromatic carbocycles. The van der Waals surface area contributed by atoms with E-state index in [2.05, 4.69) is 106 Å². The molecule has 0 heterocycles. The van der Waals surface area contributed by atoms with Crippen molar-refractivity contribution >= 4 is 17.9 Å². The molecule has 1 atom stereocenters. The van der Waals surface area contributed by atoms with Crippen molar-refractivity contribution < 1.29 is 28.6 Å². The number of ether oxygens (including phenoxy) is 3. The number of carbonyl (C=O) groups excluding carboxylic acids is 3. The maximum Gasteiger partial charge on any atom is 0.306 e. The Balaban J connectivity index is 4.43. The van der Waals surface area contributed by atoms with Crippen LogP contribution in [0.3, 0.4) is 0 Å². The van der Waals surface area contributed by atoms with E-state index in [-0.39, 0.29) is 37.5 Å². The first-order chi connectivity index (χ1) is 37.0. The summed E-state index contributed by atoms with van der Waals surface area (Å²) in [6.45, 7) is 6.58. The minimum Gasteiger partial charge on any atom is -0.462 e. The largest absolute Gasteiger partial charge is 0.462 e. The van der Waals surface area contributed by atoms with Crippen molar-refractivity contribution in [1.29, 1.82) is 0 Å². The van der Waals surface area contributed by atoms with Crippen LogP contribution in [0.4, 0.5) is 0 Å². The van der Waals surface area contributed by atoms with Gasteiger partial charge in [0.1, 0.15) is 13.2 Å². The van der Waals surface area contributed by atoms with Gasteiger partial charge < -0.3 is 14.2 Å². The average molecular weight is 1050 g/mol. The molecule has 0 aliphatic carbocycles. The average Bonchev–Trinajstić information content (AvgIpc) is 3.41. The van der Waals surface area contributed by atoms with Crippen LogP contribution < -0.4 is 0 Å². The number of hydrogen-bond donors (Lipinski definition) is 0. The zero-order chi connectivity index (χ0) is 54.3. The van der Waals surface area contributed by atoms with Gasteiger partial charge >= 0.3 is 17.9 Å². The predicted molar refractivity (Wildman–Crippen MR) is 325 cm³/mol. The number of rotatable bonds is 58. The van der Waals surface area contributed by atoms with Gasteiger partial charge in [-0.2, -0.15) is 0 Å². The summed E-state index contributed by atoms with van der Waals surface area (Å²) in [6.07, 6.45) is 82.9. The molecule has 0 aromatic heterocycles. The zero-order valence-electron chi connectivity index (χ0n) is 49.6. The fourth-order valence-corrected chi connectivity index (χ4v) is 8.98. The Bertz CT molecular complexity index is 1430. The molecule has 0 spiro atoms. The monoisotopic (exact) mass is 1040 g/mol. The quantitative estimate of drug-likeness (QED) is 0.0261. The van der Waals surface area contributed by atoms with Crippen LogP contribution in [-0.4, -0.2) is 37.2 Å². The van der Waals surface area contributed by atoms with Crippen LogP contribution in [0.15, 0.2) is 85.1 Å². The predicted octanol–water partition coefficient (Wildman–Crippen LogP) is 21.9. The molecule has 0 N–H and O–H groups in total. The third-order valence-electron chi connectivity index (χ3n) is 13.8. The lowest BCUT2D eigenvalue weighted by atomic mass is 10.0. The van der Waals surface area contributed by atoms with Gasteiger partial charge in [0, 0.05) is 19.3 Å². The summed E-state index contributed by atoms with van der Waals surface area (Å²) in [5.74, 6) is -0.920.